The number of nitriles is 1. The van der Waals surface area contributed by atoms with E-state index in [0.717, 1.165) is 17.7 Å². The molecule has 0 unspecified atom stereocenters. The fourth-order valence-electron chi connectivity index (χ4n) is 2.99. The van der Waals surface area contributed by atoms with Gasteiger partial charge in [-0.25, -0.2) is 0 Å². The molecule has 148 valence electrons. The number of hydrogen-bond acceptors (Lipinski definition) is 4. The second-order valence-electron chi connectivity index (χ2n) is 7.25. The molecule has 1 amide bonds. The lowest BCUT2D eigenvalue weighted by molar-refractivity contribution is 0.0732. The lowest BCUT2D eigenvalue weighted by Gasteiger charge is -2.24. The third kappa shape index (κ3) is 5.77. The monoisotopic (exact) mass is 387 g/mol. The number of amides is 1. The van der Waals surface area contributed by atoms with Crippen LogP contribution < -0.4 is 0 Å². The molecule has 0 atom stereocenters. The summed E-state index contributed by atoms with van der Waals surface area (Å²) in [7, 11) is 3.98. The van der Waals surface area contributed by atoms with E-state index in [1.807, 2.05) is 61.5 Å². The Labute approximate surface area is 171 Å². The van der Waals surface area contributed by atoms with Gasteiger partial charge in [-0.15, -0.1) is 0 Å². The number of likely N-dealkylation sites (N-methyl/N-ethyl adjacent to an activating group) is 1. The zero-order valence-corrected chi connectivity index (χ0v) is 16.8. The average molecular weight is 387 g/mol. The van der Waals surface area contributed by atoms with Gasteiger partial charge in [0.25, 0.3) is 5.91 Å². The van der Waals surface area contributed by atoms with E-state index in [4.69, 9.17) is 5.26 Å². The first-order valence-corrected chi connectivity index (χ1v) is 9.54. The molecule has 6 heteroatoms. The number of rotatable bonds is 8. The smallest absolute Gasteiger partial charge is 0.257 e. The Bertz CT molecular complexity index is 971. The number of carbonyl (C=O) groups is 1. The topological polar surface area (TPSA) is 65.2 Å². The predicted octanol–water partition coefficient (Wildman–Crippen LogP) is 3.01. The van der Waals surface area contributed by atoms with E-state index in [9.17, 15) is 4.79 Å². The van der Waals surface area contributed by atoms with E-state index < -0.39 is 0 Å². The minimum Gasteiger partial charge on any atom is -0.333 e. The Hall–Kier alpha value is -3.43. The van der Waals surface area contributed by atoms with E-state index in [1.165, 1.54) is 0 Å². The molecule has 0 aliphatic heterocycles. The highest BCUT2D eigenvalue weighted by atomic mass is 16.2. The molecule has 0 spiro atoms. The van der Waals surface area contributed by atoms with Gasteiger partial charge in [-0.05, 0) is 37.4 Å². The third-order valence-electron chi connectivity index (χ3n) is 4.63. The fourth-order valence-corrected chi connectivity index (χ4v) is 2.99. The largest absolute Gasteiger partial charge is 0.333 e. The summed E-state index contributed by atoms with van der Waals surface area (Å²) in [5.41, 5.74) is 3.32. The maximum Gasteiger partial charge on any atom is 0.257 e. The van der Waals surface area contributed by atoms with Crippen LogP contribution in [-0.2, 0) is 13.1 Å². The molecule has 3 rings (SSSR count). The SMILES string of the molecule is CN(C)CCN(Cc1ccc(C#N)cc1)C(=O)c1cnn(Cc2ccccc2)c1. The van der Waals surface area contributed by atoms with Gasteiger partial charge in [-0.2, -0.15) is 10.4 Å². The molecule has 0 aliphatic carbocycles. The lowest BCUT2D eigenvalue weighted by atomic mass is 10.1. The zero-order valence-electron chi connectivity index (χ0n) is 16.8. The van der Waals surface area contributed by atoms with Gasteiger partial charge >= 0.3 is 0 Å². The molecule has 0 aliphatic rings. The van der Waals surface area contributed by atoms with E-state index in [1.54, 1.807) is 29.2 Å². The Kier molecular flexibility index (Phi) is 6.77. The highest BCUT2D eigenvalue weighted by molar-refractivity contribution is 5.93. The van der Waals surface area contributed by atoms with Gasteiger partial charge in [-0.3, -0.25) is 9.48 Å². The van der Waals surface area contributed by atoms with Gasteiger partial charge in [0, 0.05) is 25.8 Å². The second kappa shape index (κ2) is 9.67. The molecular formula is C23H25N5O. The van der Waals surface area contributed by atoms with Gasteiger partial charge in [-0.1, -0.05) is 42.5 Å². The Morgan fingerprint density at radius 2 is 1.76 bits per heavy atom. The number of carbonyl (C=O) groups excluding carboxylic acids is 1. The van der Waals surface area contributed by atoms with Gasteiger partial charge in [0.1, 0.15) is 0 Å². The number of hydrogen-bond donors (Lipinski definition) is 0. The van der Waals surface area contributed by atoms with E-state index >= 15 is 0 Å². The molecule has 0 saturated carbocycles. The first kappa shape index (κ1) is 20.3. The minimum absolute atomic E-state index is 0.0458. The van der Waals surface area contributed by atoms with Crippen LogP contribution >= 0.6 is 0 Å². The summed E-state index contributed by atoms with van der Waals surface area (Å²) < 4.78 is 1.79. The van der Waals surface area contributed by atoms with Crippen LogP contribution in [0.3, 0.4) is 0 Å². The summed E-state index contributed by atoms with van der Waals surface area (Å²) in [6.45, 7) is 2.49. The van der Waals surface area contributed by atoms with Crippen molar-refractivity contribution < 1.29 is 4.79 Å². The highest BCUT2D eigenvalue weighted by Gasteiger charge is 2.18. The molecule has 1 heterocycles. The molecule has 1 aromatic heterocycles. The van der Waals surface area contributed by atoms with E-state index in [0.29, 0.717) is 30.8 Å². The number of aromatic nitrogens is 2. The van der Waals surface area contributed by atoms with Crippen molar-refractivity contribution in [2.24, 2.45) is 0 Å². The van der Waals surface area contributed by atoms with Gasteiger partial charge < -0.3 is 9.80 Å². The van der Waals surface area contributed by atoms with Crippen LogP contribution in [0, 0.1) is 11.3 Å². The maximum absolute atomic E-state index is 13.2. The number of nitrogens with zero attached hydrogens (tertiary/aromatic N) is 5. The molecule has 29 heavy (non-hydrogen) atoms. The van der Waals surface area contributed by atoms with Crippen LogP contribution in [0.1, 0.15) is 27.0 Å². The van der Waals surface area contributed by atoms with Crippen LogP contribution in [0.5, 0.6) is 0 Å². The Balaban J connectivity index is 1.74. The average Bonchev–Trinajstić information content (AvgIpc) is 3.20. The molecule has 3 aromatic rings. The van der Waals surface area contributed by atoms with Crippen molar-refractivity contribution in [3.05, 3.63) is 89.2 Å². The molecule has 0 radical (unpaired) electrons. The van der Waals surface area contributed by atoms with Crippen molar-refractivity contribution in [1.29, 1.82) is 5.26 Å². The van der Waals surface area contributed by atoms with Gasteiger partial charge in [0.2, 0.25) is 0 Å². The zero-order chi connectivity index (χ0) is 20.6. The van der Waals surface area contributed by atoms with Gasteiger partial charge in [0.05, 0.1) is 29.9 Å². The first-order valence-electron chi connectivity index (χ1n) is 9.54. The van der Waals surface area contributed by atoms with Crippen LogP contribution in [-0.4, -0.2) is 52.7 Å². The van der Waals surface area contributed by atoms with Crippen LogP contribution in [0.15, 0.2) is 67.0 Å². The summed E-state index contributed by atoms with van der Waals surface area (Å²) in [6, 6.07) is 19.5. The van der Waals surface area contributed by atoms with Crippen molar-refractivity contribution in [1.82, 2.24) is 19.6 Å². The lowest BCUT2D eigenvalue weighted by Crippen LogP contribution is -2.36. The van der Waals surface area contributed by atoms with Crippen LogP contribution in [0.25, 0.3) is 0 Å². The summed E-state index contributed by atoms with van der Waals surface area (Å²) in [5.74, 6) is -0.0458. The van der Waals surface area contributed by atoms with E-state index in [2.05, 4.69) is 16.1 Å². The maximum atomic E-state index is 13.2. The Morgan fingerprint density at radius 3 is 2.41 bits per heavy atom. The van der Waals surface area contributed by atoms with E-state index in [-0.39, 0.29) is 5.91 Å². The van der Waals surface area contributed by atoms with Crippen molar-refractivity contribution in [3.63, 3.8) is 0 Å². The molecule has 0 fully saturated rings. The number of benzene rings is 2. The van der Waals surface area contributed by atoms with Crippen molar-refractivity contribution >= 4 is 5.91 Å². The summed E-state index contributed by atoms with van der Waals surface area (Å²) in [6.07, 6.45) is 3.43. The van der Waals surface area contributed by atoms with Gasteiger partial charge in [0.15, 0.2) is 0 Å². The molecule has 0 bridgehead atoms. The van der Waals surface area contributed by atoms with Crippen molar-refractivity contribution in [2.45, 2.75) is 13.1 Å². The fraction of sp³-hybridized carbons (Fsp3) is 0.261. The first-order chi connectivity index (χ1) is 14.0. The molecule has 0 N–H and O–H groups in total. The molecule has 6 nitrogen and oxygen atoms in total. The van der Waals surface area contributed by atoms with Crippen LogP contribution in [0.4, 0.5) is 0 Å². The highest BCUT2D eigenvalue weighted by Crippen LogP contribution is 2.12. The normalized spacial score (nSPS) is 10.7. The summed E-state index contributed by atoms with van der Waals surface area (Å²) in [4.78, 5) is 17.0. The van der Waals surface area contributed by atoms with Crippen LogP contribution in [0.2, 0.25) is 0 Å². The van der Waals surface area contributed by atoms with Crippen molar-refractivity contribution in [3.8, 4) is 6.07 Å². The molecular weight excluding hydrogens is 362 g/mol. The van der Waals surface area contributed by atoms with Crippen molar-refractivity contribution in [2.75, 3.05) is 27.2 Å². The molecule has 2 aromatic carbocycles. The predicted molar refractivity (Wildman–Crippen MR) is 112 cm³/mol. The summed E-state index contributed by atoms with van der Waals surface area (Å²) in [5, 5.41) is 13.3. The Morgan fingerprint density at radius 1 is 1.03 bits per heavy atom. The molecule has 0 saturated heterocycles. The quantitative estimate of drug-likeness (QED) is 0.596. The summed E-state index contributed by atoms with van der Waals surface area (Å²) >= 11 is 0. The standard InChI is InChI=1S/C23H25N5O/c1-26(2)12-13-27(16-21-10-8-19(14-24)9-11-21)23(29)22-15-25-28(18-22)17-20-6-4-3-5-7-20/h3-11,15,18H,12-13,16-17H2,1-2H3. The minimum atomic E-state index is -0.0458. The second-order valence-corrected chi connectivity index (χ2v) is 7.25. The third-order valence-corrected chi connectivity index (χ3v) is 4.63.